The van der Waals surface area contributed by atoms with Crippen molar-refractivity contribution in [2.75, 3.05) is 18.3 Å². The summed E-state index contributed by atoms with van der Waals surface area (Å²) in [6.45, 7) is -0.0780. The van der Waals surface area contributed by atoms with E-state index in [0.29, 0.717) is 5.69 Å². The van der Waals surface area contributed by atoms with Gasteiger partial charge in [0.2, 0.25) is 0 Å². The van der Waals surface area contributed by atoms with Crippen LogP contribution in [0.2, 0.25) is 0 Å². The molecule has 108 valence electrons. The second-order valence-electron chi connectivity index (χ2n) is 4.25. The normalized spacial score (nSPS) is 11.9. The summed E-state index contributed by atoms with van der Waals surface area (Å²) in [5.41, 5.74) is 0.457. The van der Waals surface area contributed by atoms with Crippen molar-refractivity contribution in [2.24, 2.45) is 0 Å². The molecular formula is C12H14N2O4S2. The molecule has 0 aliphatic carbocycles. The van der Waals surface area contributed by atoms with E-state index in [0.717, 1.165) is 14.4 Å². The number of benzene rings is 1. The van der Waals surface area contributed by atoms with E-state index in [1.807, 2.05) is 17.5 Å². The molecule has 0 aliphatic rings. The zero-order valence-corrected chi connectivity index (χ0v) is 12.4. The third-order valence-electron chi connectivity index (χ3n) is 2.75. The smallest absolute Gasteiger partial charge is 0.304 e. The summed E-state index contributed by atoms with van der Waals surface area (Å²) in [7, 11) is -2.40. The molecule has 0 aliphatic heterocycles. The summed E-state index contributed by atoms with van der Waals surface area (Å²) < 4.78 is 28.5. The van der Waals surface area contributed by atoms with Gasteiger partial charge in [0.15, 0.2) is 0 Å². The van der Waals surface area contributed by atoms with Crippen LogP contribution in [0.4, 0.5) is 5.69 Å². The highest BCUT2D eigenvalue weighted by molar-refractivity contribution is 7.90. The molecule has 0 unspecified atom stereocenters. The largest absolute Gasteiger partial charge is 0.481 e. The van der Waals surface area contributed by atoms with Crippen LogP contribution in [0.25, 0.3) is 10.1 Å². The van der Waals surface area contributed by atoms with Gasteiger partial charge in [-0.05, 0) is 35.0 Å². The van der Waals surface area contributed by atoms with Gasteiger partial charge in [-0.1, -0.05) is 0 Å². The molecule has 0 saturated carbocycles. The summed E-state index contributed by atoms with van der Waals surface area (Å²) in [5.74, 6) is -1.04. The number of carbonyl (C=O) groups is 1. The molecule has 2 N–H and O–H groups in total. The van der Waals surface area contributed by atoms with Gasteiger partial charge in [0.1, 0.15) is 0 Å². The monoisotopic (exact) mass is 314 g/mol. The van der Waals surface area contributed by atoms with E-state index in [1.165, 1.54) is 7.05 Å². The summed E-state index contributed by atoms with van der Waals surface area (Å²) in [4.78, 5) is 10.5. The number of aliphatic carboxylic acids is 1. The van der Waals surface area contributed by atoms with Crippen LogP contribution in [0.1, 0.15) is 6.42 Å². The molecule has 2 rings (SSSR count). The first-order valence-corrected chi connectivity index (χ1v) is 8.13. The predicted molar refractivity (Wildman–Crippen MR) is 79.3 cm³/mol. The Kier molecular flexibility index (Phi) is 4.26. The van der Waals surface area contributed by atoms with Gasteiger partial charge in [0, 0.05) is 18.3 Å². The van der Waals surface area contributed by atoms with E-state index in [1.54, 1.807) is 23.5 Å². The van der Waals surface area contributed by atoms with Gasteiger partial charge in [-0.2, -0.15) is 12.7 Å². The van der Waals surface area contributed by atoms with E-state index >= 15 is 0 Å². The molecular weight excluding hydrogens is 300 g/mol. The summed E-state index contributed by atoms with van der Waals surface area (Å²) in [5, 5.41) is 11.5. The van der Waals surface area contributed by atoms with Crippen LogP contribution in [0.3, 0.4) is 0 Å². The Morgan fingerprint density at radius 1 is 1.40 bits per heavy atom. The maximum Gasteiger partial charge on any atom is 0.304 e. The quantitative estimate of drug-likeness (QED) is 0.853. The summed E-state index contributed by atoms with van der Waals surface area (Å²) in [6, 6.07) is 7.18. The highest BCUT2D eigenvalue weighted by Gasteiger charge is 2.18. The molecule has 6 nitrogen and oxygen atoms in total. The van der Waals surface area contributed by atoms with Gasteiger partial charge in [-0.15, -0.1) is 11.3 Å². The van der Waals surface area contributed by atoms with Gasteiger partial charge in [-0.3, -0.25) is 9.52 Å². The van der Waals surface area contributed by atoms with Crippen molar-refractivity contribution < 1.29 is 18.3 Å². The zero-order valence-electron chi connectivity index (χ0n) is 10.7. The predicted octanol–water partition coefficient (Wildman–Crippen LogP) is 1.96. The minimum Gasteiger partial charge on any atom is -0.481 e. The maximum absolute atomic E-state index is 12.0. The molecule has 8 heteroatoms. The van der Waals surface area contributed by atoms with Crippen molar-refractivity contribution in [3.05, 3.63) is 29.6 Å². The highest BCUT2D eigenvalue weighted by atomic mass is 32.2. The SMILES string of the molecule is CN(CCC(=O)O)S(=O)(=O)Nc1ccc2sccc2c1. The van der Waals surface area contributed by atoms with Crippen molar-refractivity contribution in [1.82, 2.24) is 4.31 Å². The number of hydrogen-bond donors (Lipinski definition) is 2. The molecule has 0 saturated heterocycles. The van der Waals surface area contributed by atoms with E-state index in [9.17, 15) is 13.2 Å². The van der Waals surface area contributed by atoms with Crippen LogP contribution in [-0.2, 0) is 15.0 Å². The van der Waals surface area contributed by atoms with Crippen LogP contribution >= 0.6 is 11.3 Å². The Morgan fingerprint density at radius 3 is 2.85 bits per heavy atom. The lowest BCUT2D eigenvalue weighted by Gasteiger charge is -2.17. The van der Waals surface area contributed by atoms with Crippen LogP contribution in [0, 0.1) is 0 Å². The molecule has 0 fully saturated rings. The Balaban J connectivity index is 2.12. The van der Waals surface area contributed by atoms with Crippen molar-refractivity contribution in [2.45, 2.75) is 6.42 Å². The average molecular weight is 314 g/mol. The fourth-order valence-electron chi connectivity index (χ4n) is 1.63. The van der Waals surface area contributed by atoms with Crippen LogP contribution in [0.15, 0.2) is 29.6 Å². The van der Waals surface area contributed by atoms with Crippen molar-refractivity contribution in [3.8, 4) is 0 Å². The van der Waals surface area contributed by atoms with Gasteiger partial charge >= 0.3 is 16.2 Å². The topological polar surface area (TPSA) is 86.7 Å². The lowest BCUT2D eigenvalue weighted by atomic mass is 10.2. The number of fused-ring (bicyclic) bond motifs is 1. The lowest BCUT2D eigenvalue weighted by molar-refractivity contribution is -0.137. The molecule has 0 spiro atoms. The minimum atomic E-state index is -3.74. The number of carboxylic acid groups (broad SMARTS) is 1. The van der Waals surface area contributed by atoms with Crippen molar-refractivity contribution in [1.29, 1.82) is 0 Å². The molecule has 1 aromatic carbocycles. The average Bonchev–Trinajstić information content (AvgIpc) is 2.82. The molecule has 1 aromatic heterocycles. The Morgan fingerprint density at radius 2 is 2.15 bits per heavy atom. The number of hydrogen-bond acceptors (Lipinski definition) is 4. The molecule has 2 aromatic rings. The fourth-order valence-corrected chi connectivity index (χ4v) is 3.31. The summed E-state index contributed by atoms with van der Waals surface area (Å²) >= 11 is 1.58. The van der Waals surface area contributed by atoms with E-state index in [-0.39, 0.29) is 13.0 Å². The van der Waals surface area contributed by atoms with Gasteiger partial charge in [-0.25, -0.2) is 0 Å². The first kappa shape index (κ1) is 14.8. The van der Waals surface area contributed by atoms with E-state index in [4.69, 9.17) is 5.11 Å². The molecule has 0 bridgehead atoms. The van der Waals surface area contributed by atoms with Gasteiger partial charge < -0.3 is 5.11 Å². The lowest BCUT2D eigenvalue weighted by Crippen LogP contribution is -2.34. The van der Waals surface area contributed by atoms with Gasteiger partial charge in [0.05, 0.1) is 12.1 Å². The third kappa shape index (κ3) is 3.47. The molecule has 0 amide bonds. The number of rotatable bonds is 6. The van der Waals surface area contributed by atoms with E-state index in [2.05, 4.69) is 4.72 Å². The van der Waals surface area contributed by atoms with Crippen LogP contribution < -0.4 is 4.72 Å². The second kappa shape index (κ2) is 5.78. The van der Waals surface area contributed by atoms with Crippen LogP contribution in [0.5, 0.6) is 0 Å². The van der Waals surface area contributed by atoms with Crippen LogP contribution in [-0.4, -0.2) is 37.4 Å². The molecule has 0 radical (unpaired) electrons. The van der Waals surface area contributed by atoms with E-state index < -0.39 is 16.2 Å². The Labute approximate surface area is 120 Å². The molecule has 1 heterocycles. The summed E-state index contributed by atoms with van der Waals surface area (Å²) in [6.07, 6.45) is -0.235. The molecule has 0 atom stereocenters. The number of thiophene rings is 1. The molecule has 20 heavy (non-hydrogen) atoms. The third-order valence-corrected chi connectivity index (χ3v) is 5.14. The fraction of sp³-hybridized carbons (Fsp3) is 0.250. The maximum atomic E-state index is 12.0. The van der Waals surface area contributed by atoms with Crippen molar-refractivity contribution in [3.63, 3.8) is 0 Å². The Bertz CT molecular complexity index is 724. The first-order valence-electron chi connectivity index (χ1n) is 5.81. The first-order chi connectivity index (χ1) is 9.38. The zero-order chi connectivity index (χ0) is 14.8. The highest BCUT2D eigenvalue weighted by Crippen LogP contribution is 2.24. The number of nitrogens with zero attached hydrogens (tertiary/aromatic N) is 1. The van der Waals surface area contributed by atoms with Gasteiger partial charge in [0.25, 0.3) is 0 Å². The Hall–Kier alpha value is -1.64. The number of nitrogens with one attached hydrogen (secondary N) is 1. The number of carboxylic acids is 1. The standard InChI is InChI=1S/C12H14N2O4S2/c1-14(6-4-12(15)16)20(17,18)13-10-2-3-11-9(8-10)5-7-19-11/h2-3,5,7-8,13H,4,6H2,1H3,(H,15,16). The van der Waals surface area contributed by atoms with Crippen molar-refractivity contribution >= 4 is 43.3 Å². The second-order valence-corrected chi connectivity index (χ2v) is 6.97. The number of anilines is 1. The minimum absolute atomic E-state index is 0.0780.